The van der Waals surface area contributed by atoms with Crippen LogP contribution in [0.3, 0.4) is 0 Å². The van der Waals surface area contributed by atoms with Crippen molar-refractivity contribution in [3.05, 3.63) is 206 Å². The van der Waals surface area contributed by atoms with Gasteiger partial charge >= 0.3 is 0 Å². The zero-order valence-electron chi connectivity index (χ0n) is 32.4. The fraction of sp³-hybridized carbons (Fsp3) is 0. The van der Waals surface area contributed by atoms with E-state index in [4.69, 9.17) is 4.42 Å². The third-order valence-corrected chi connectivity index (χ3v) is 13.9. The molecule has 0 saturated heterocycles. The highest BCUT2D eigenvalue weighted by molar-refractivity contribution is 7.26. The van der Waals surface area contributed by atoms with Gasteiger partial charge in [-0.25, -0.2) is 0 Å². The van der Waals surface area contributed by atoms with Gasteiger partial charge in [-0.15, -0.1) is 11.3 Å². The van der Waals surface area contributed by atoms with Gasteiger partial charge in [0.1, 0.15) is 11.2 Å². The van der Waals surface area contributed by atoms with Gasteiger partial charge in [-0.3, -0.25) is 0 Å². The van der Waals surface area contributed by atoms with Gasteiger partial charge in [-0.05, 0) is 106 Å². The van der Waals surface area contributed by atoms with Crippen molar-refractivity contribution in [1.82, 2.24) is 0 Å². The summed E-state index contributed by atoms with van der Waals surface area (Å²) in [6.45, 7) is 0. The lowest BCUT2D eigenvalue weighted by Crippen LogP contribution is -1.93. The van der Waals surface area contributed by atoms with Crippen LogP contribution in [-0.4, -0.2) is 0 Å². The third-order valence-electron chi connectivity index (χ3n) is 12.7. The molecular weight excluding hydrogens is 745 g/mol. The first-order valence-electron chi connectivity index (χ1n) is 20.6. The number of furan rings is 1. The topological polar surface area (TPSA) is 13.1 Å². The summed E-state index contributed by atoms with van der Waals surface area (Å²) in [5, 5.41) is 14.9. The molecule has 13 aromatic rings. The Kier molecular flexibility index (Phi) is 7.24. The Balaban J connectivity index is 1.08. The Morgan fingerprint density at radius 3 is 1.50 bits per heavy atom. The van der Waals surface area contributed by atoms with Gasteiger partial charge in [0.25, 0.3) is 0 Å². The maximum absolute atomic E-state index is 6.41. The Morgan fingerprint density at radius 1 is 0.300 bits per heavy atom. The number of thiophene rings is 1. The molecule has 1 nitrogen and oxygen atoms in total. The van der Waals surface area contributed by atoms with Gasteiger partial charge in [0.15, 0.2) is 0 Å². The van der Waals surface area contributed by atoms with Crippen LogP contribution in [0.5, 0.6) is 0 Å². The lowest BCUT2D eigenvalue weighted by molar-refractivity contribution is 0.669. The quantitative estimate of drug-likeness (QED) is 0.162. The second-order valence-corrected chi connectivity index (χ2v) is 16.9. The van der Waals surface area contributed by atoms with Gasteiger partial charge in [-0.2, -0.15) is 0 Å². The van der Waals surface area contributed by atoms with Gasteiger partial charge in [0, 0.05) is 36.5 Å². The van der Waals surface area contributed by atoms with Crippen LogP contribution in [0.4, 0.5) is 0 Å². The van der Waals surface area contributed by atoms with Crippen LogP contribution in [0.1, 0.15) is 0 Å². The van der Waals surface area contributed by atoms with Crippen LogP contribution in [-0.2, 0) is 0 Å². The summed E-state index contributed by atoms with van der Waals surface area (Å²) in [4.78, 5) is 0. The Hall–Kier alpha value is -7.52. The minimum absolute atomic E-state index is 0.927. The second-order valence-electron chi connectivity index (χ2n) is 15.9. The van der Waals surface area contributed by atoms with E-state index < -0.39 is 0 Å². The van der Waals surface area contributed by atoms with Crippen LogP contribution >= 0.6 is 11.3 Å². The van der Waals surface area contributed by atoms with E-state index in [1.807, 2.05) is 11.3 Å². The number of benzene rings is 11. The molecule has 60 heavy (non-hydrogen) atoms. The molecule has 13 rings (SSSR count). The van der Waals surface area contributed by atoms with Crippen molar-refractivity contribution in [2.45, 2.75) is 0 Å². The first-order chi connectivity index (χ1) is 29.8. The van der Waals surface area contributed by atoms with Crippen molar-refractivity contribution < 1.29 is 4.42 Å². The summed E-state index contributed by atoms with van der Waals surface area (Å²) >= 11 is 1.89. The average Bonchev–Trinajstić information content (AvgIpc) is 3.88. The summed E-state index contributed by atoms with van der Waals surface area (Å²) < 4.78 is 8.99. The van der Waals surface area contributed by atoms with E-state index in [1.54, 1.807) is 0 Å². The molecule has 2 aromatic heterocycles. The molecule has 0 atom stereocenters. The van der Waals surface area contributed by atoms with E-state index in [-0.39, 0.29) is 0 Å². The highest BCUT2D eigenvalue weighted by Gasteiger charge is 2.23. The van der Waals surface area contributed by atoms with Crippen molar-refractivity contribution in [2.75, 3.05) is 0 Å². The van der Waals surface area contributed by atoms with Crippen LogP contribution in [0.25, 0.3) is 130 Å². The molecule has 0 saturated carbocycles. The lowest BCUT2D eigenvalue weighted by atomic mass is 9.83. The largest absolute Gasteiger partial charge is 0.456 e. The minimum atomic E-state index is 0.927. The monoisotopic (exact) mass is 778 g/mol. The molecule has 0 aliphatic heterocycles. The van der Waals surface area contributed by atoms with Gasteiger partial charge in [0.2, 0.25) is 0 Å². The first-order valence-corrected chi connectivity index (χ1v) is 21.4. The predicted octanol–water partition coefficient (Wildman–Crippen LogP) is 17.2. The van der Waals surface area contributed by atoms with Crippen LogP contribution in [0.15, 0.2) is 211 Å². The molecule has 0 unspecified atom stereocenters. The summed E-state index contributed by atoms with van der Waals surface area (Å²) in [7, 11) is 0. The molecule has 0 N–H and O–H groups in total. The Labute approximate surface area is 350 Å². The predicted molar refractivity (Wildman–Crippen MR) is 258 cm³/mol. The summed E-state index contributed by atoms with van der Waals surface area (Å²) in [5.41, 5.74) is 11.9. The summed E-state index contributed by atoms with van der Waals surface area (Å²) in [6.07, 6.45) is 0. The number of hydrogen-bond donors (Lipinski definition) is 0. The normalized spacial score (nSPS) is 12.0. The molecule has 0 amide bonds. The average molecular weight is 779 g/mol. The first kappa shape index (κ1) is 33.5. The molecule has 11 aromatic carbocycles. The maximum atomic E-state index is 6.41. The van der Waals surface area contributed by atoms with E-state index in [0.29, 0.717) is 0 Å². The number of fused-ring (bicyclic) bond motifs is 11. The Bertz CT molecular complexity index is 3810. The fourth-order valence-electron chi connectivity index (χ4n) is 10.1. The number of para-hydroxylation sites is 1. The highest BCUT2D eigenvalue weighted by atomic mass is 32.1. The molecule has 0 radical (unpaired) electrons. The number of rotatable bonds is 4. The zero-order chi connectivity index (χ0) is 39.3. The standard InChI is InChI=1S/C58H34OS/c1-2-14-35(15-3-1)36-26-28-37(29-27-36)53-42-20-8-10-22-44(42)54(45-23-11-9-21-43(45)53)46-30-31-47(41-19-7-6-18-40(41)46)55-39-17-5-4-16-38(39)34-49-57-52(60-58(49)55)33-32-51-56(57)48-24-12-13-25-50(48)59-51/h1-34H. The second kappa shape index (κ2) is 13.0. The van der Waals surface area contributed by atoms with E-state index in [9.17, 15) is 0 Å². The molecule has 0 fully saturated rings. The van der Waals surface area contributed by atoms with E-state index in [2.05, 4.69) is 206 Å². The van der Waals surface area contributed by atoms with Crippen molar-refractivity contribution in [3.63, 3.8) is 0 Å². The van der Waals surface area contributed by atoms with Crippen LogP contribution < -0.4 is 0 Å². The molecule has 0 spiro atoms. The lowest BCUT2D eigenvalue weighted by Gasteiger charge is -2.20. The molecule has 2 heterocycles. The smallest absolute Gasteiger partial charge is 0.136 e. The van der Waals surface area contributed by atoms with Crippen molar-refractivity contribution in [2.24, 2.45) is 0 Å². The van der Waals surface area contributed by atoms with E-state index in [1.165, 1.54) is 113 Å². The number of hydrogen-bond acceptors (Lipinski definition) is 2. The SMILES string of the molecule is c1ccc(-c2ccc(-c3c4ccccc4c(-c4ccc(-c5c6ccccc6cc6c5sc5ccc7oc8ccccc8c7c56)c5ccccc45)c4ccccc34)cc2)cc1. The van der Waals surface area contributed by atoms with E-state index in [0.717, 1.165) is 16.6 Å². The highest BCUT2D eigenvalue weighted by Crippen LogP contribution is 2.51. The molecule has 0 bridgehead atoms. The maximum Gasteiger partial charge on any atom is 0.136 e. The summed E-state index contributed by atoms with van der Waals surface area (Å²) in [6, 6.07) is 75.7. The molecule has 0 aliphatic rings. The van der Waals surface area contributed by atoms with E-state index >= 15 is 0 Å². The molecular formula is C58H34OS. The molecule has 2 heteroatoms. The Morgan fingerprint density at radius 2 is 0.817 bits per heavy atom. The van der Waals surface area contributed by atoms with Crippen LogP contribution in [0.2, 0.25) is 0 Å². The summed E-state index contributed by atoms with van der Waals surface area (Å²) in [5.74, 6) is 0. The minimum Gasteiger partial charge on any atom is -0.456 e. The van der Waals surface area contributed by atoms with Crippen molar-refractivity contribution >= 4 is 96.5 Å². The van der Waals surface area contributed by atoms with Crippen LogP contribution in [0, 0.1) is 0 Å². The zero-order valence-corrected chi connectivity index (χ0v) is 33.3. The molecule has 0 aliphatic carbocycles. The third kappa shape index (κ3) is 4.86. The van der Waals surface area contributed by atoms with Crippen molar-refractivity contribution in [1.29, 1.82) is 0 Å². The molecule has 278 valence electrons. The van der Waals surface area contributed by atoms with Gasteiger partial charge in [0.05, 0.1) is 0 Å². The fourth-order valence-corrected chi connectivity index (χ4v) is 11.3. The van der Waals surface area contributed by atoms with Crippen molar-refractivity contribution in [3.8, 4) is 44.5 Å². The van der Waals surface area contributed by atoms with Gasteiger partial charge < -0.3 is 4.42 Å². The van der Waals surface area contributed by atoms with Gasteiger partial charge in [-0.1, -0.05) is 182 Å².